The summed E-state index contributed by atoms with van der Waals surface area (Å²) < 4.78 is 5.24. The summed E-state index contributed by atoms with van der Waals surface area (Å²) in [6, 6.07) is 3.70. The first kappa shape index (κ1) is 18.5. The van der Waals surface area contributed by atoms with Crippen molar-refractivity contribution in [1.82, 2.24) is 25.3 Å². The highest BCUT2D eigenvalue weighted by Crippen LogP contribution is 2.26. The van der Waals surface area contributed by atoms with Gasteiger partial charge in [0.15, 0.2) is 5.82 Å². The highest BCUT2D eigenvalue weighted by molar-refractivity contribution is 7.11. The zero-order valence-corrected chi connectivity index (χ0v) is 16.8. The van der Waals surface area contributed by atoms with Gasteiger partial charge in [0, 0.05) is 16.8 Å². The first-order chi connectivity index (χ1) is 12.4. The smallest absolute Gasteiger partial charge is 0.318 e. The number of hydrogen-bond donors (Lipinski definition) is 1. The topological polar surface area (TPSA) is 84.2 Å². The molecular weight excluding hydrogens is 370 g/mol. The Morgan fingerprint density at radius 1 is 1.38 bits per heavy atom. The van der Waals surface area contributed by atoms with E-state index in [1.54, 1.807) is 34.6 Å². The van der Waals surface area contributed by atoms with Crippen LogP contribution in [-0.2, 0) is 13.0 Å². The number of aryl methyl sites for hydroxylation is 2. The maximum atomic E-state index is 12.4. The predicted molar refractivity (Wildman–Crippen MR) is 101 cm³/mol. The van der Waals surface area contributed by atoms with Gasteiger partial charge in [0.1, 0.15) is 0 Å². The number of aromatic nitrogens is 3. The van der Waals surface area contributed by atoms with Gasteiger partial charge in [0.2, 0.25) is 5.89 Å². The molecular formula is C17H21N5O2S2. The summed E-state index contributed by atoms with van der Waals surface area (Å²) in [5.41, 5.74) is 0.933. The van der Waals surface area contributed by atoms with Crippen LogP contribution >= 0.6 is 22.7 Å². The van der Waals surface area contributed by atoms with E-state index in [9.17, 15) is 4.79 Å². The van der Waals surface area contributed by atoms with E-state index in [1.165, 1.54) is 0 Å². The first-order valence-electron chi connectivity index (χ1n) is 8.22. The molecule has 0 unspecified atom stereocenters. The average Bonchev–Trinajstić information content (AvgIpc) is 3.34. The summed E-state index contributed by atoms with van der Waals surface area (Å²) in [6.07, 6.45) is 0.609. The quantitative estimate of drug-likeness (QED) is 0.693. The maximum Gasteiger partial charge on any atom is 0.318 e. The SMILES string of the molecule is Cc1nc([C@@H](C)N(C)C(=O)NCc2noc(Cc3cccs3)n2)c(C)s1. The van der Waals surface area contributed by atoms with Gasteiger partial charge < -0.3 is 14.7 Å². The van der Waals surface area contributed by atoms with Gasteiger partial charge in [-0.2, -0.15) is 4.98 Å². The molecule has 3 aromatic rings. The Morgan fingerprint density at radius 2 is 2.19 bits per heavy atom. The minimum Gasteiger partial charge on any atom is -0.339 e. The molecule has 0 aliphatic carbocycles. The number of thiazole rings is 1. The normalized spacial score (nSPS) is 12.2. The van der Waals surface area contributed by atoms with Crippen LogP contribution in [0.3, 0.4) is 0 Å². The summed E-state index contributed by atoms with van der Waals surface area (Å²) in [4.78, 5) is 25.2. The lowest BCUT2D eigenvalue weighted by atomic mass is 10.2. The molecule has 7 nitrogen and oxygen atoms in total. The van der Waals surface area contributed by atoms with E-state index in [-0.39, 0.29) is 18.6 Å². The number of amides is 2. The van der Waals surface area contributed by atoms with Gasteiger partial charge in [-0.15, -0.1) is 22.7 Å². The van der Waals surface area contributed by atoms with Crippen LogP contribution in [0, 0.1) is 13.8 Å². The Bertz CT molecular complexity index is 872. The molecule has 3 rings (SSSR count). The van der Waals surface area contributed by atoms with E-state index in [4.69, 9.17) is 4.52 Å². The van der Waals surface area contributed by atoms with Crippen molar-refractivity contribution in [2.45, 2.75) is 39.8 Å². The zero-order chi connectivity index (χ0) is 18.7. The Morgan fingerprint density at radius 3 is 2.85 bits per heavy atom. The van der Waals surface area contributed by atoms with Crippen molar-refractivity contribution in [2.24, 2.45) is 0 Å². The molecule has 3 aromatic heterocycles. The molecule has 0 spiro atoms. The van der Waals surface area contributed by atoms with Gasteiger partial charge in [0.25, 0.3) is 0 Å². The molecule has 3 heterocycles. The largest absolute Gasteiger partial charge is 0.339 e. The summed E-state index contributed by atoms with van der Waals surface area (Å²) >= 11 is 3.28. The summed E-state index contributed by atoms with van der Waals surface area (Å²) in [7, 11) is 1.76. The van der Waals surface area contributed by atoms with Crippen LogP contribution < -0.4 is 5.32 Å². The Balaban J connectivity index is 1.55. The van der Waals surface area contributed by atoms with E-state index >= 15 is 0 Å². The number of nitrogens with zero attached hydrogens (tertiary/aromatic N) is 4. The van der Waals surface area contributed by atoms with Crippen LogP contribution in [-0.4, -0.2) is 33.1 Å². The molecule has 26 heavy (non-hydrogen) atoms. The van der Waals surface area contributed by atoms with E-state index in [2.05, 4.69) is 20.4 Å². The third-order valence-electron chi connectivity index (χ3n) is 4.05. The van der Waals surface area contributed by atoms with E-state index < -0.39 is 0 Å². The standard InChI is InChI=1S/C17H21N5O2S2/c1-10(16-11(2)26-12(3)19-16)22(4)17(23)18-9-14-20-15(24-21-14)8-13-6-5-7-25-13/h5-7,10H,8-9H2,1-4H3,(H,18,23)/t10-/m1/s1. The Kier molecular flexibility index (Phi) is 5.67. The number of hydrogen-bond acceptors (Lipinski definition) is 7. The van der Waals surface area contributed by atoms with Gasteiger partial charge >= 0.3 is 6.03 Å². The molecule has 0 saturated carbocycles. The molecule has 2 amide bonds. The van der Waals surface area contributed by atoms with Gasteiger partial charge in [-0.05, 0) is 32.2 Å². The van der Waals surface area contributed by atoms with Crippen LogP contribution in [0.1, 0.15) is 45.1 Å². The lowest BCUT2D eigenvalue weighted by molar-refractivity contribution is 0.192. The number of rotatable bonds is 6. The first-order valence-corrected chi connectivity index (χ1v) is 9.92. The van der Waals surface area contributed by atoms with E-state index in [1.807, 2.05) is 38.3 Å². The molecule has 0 saturated heterocycles. The third kappa shape index (κ3) is 4.28. The van der Waals surface area contributed by atoms with Gasteiger partial charge in [-0.25, -0.2) is 9.78 Å². The summed E-state index contributed by atoms with van der Waals surface area (Å²) in [5, 5.41) is 9.76. The van der Waals surface area contributed by atoms with Crippen molar-refractivity contribution in [3.05, 3.63) is 49.7 Å². The molecule has 0 bridgehead atoms. The fourth-order valence-corrected chi connectivity index (χ4v) is 4.17. The number of carbonyl (C=O) groups is 1. The fraction of sp³-hybridized carbons (Fsp3) is 0.412. The van der Waals surface area contributed by atoms with Crippen LogP contribution in [0.25, 0.3) is 0 Å². The minimum atomic E-state index is -0.202. The van der Waals surface area contributed by atoms with Crippen LogP contribution in [0.2, 0.25) is 0 Å². The lowest BCUT2D eigenvalue weighted by Gasteiger charge is -2.24. The van der Waals surface area contributed by atoms with Crippen molar-refractivity contribution >= 4 is 28.7 Å². The van der Waals surface area contributed by atoms with Crippen molar-refractivity contribution in [3.63, 3.8) is 0 Å². The number of urea groups is 1. The average molecular weight is 392 g/mol. The molecule has 1 N–H and O–H groups in total. The van der Waals surface area contributed by atoms with Gasteiger partial charge in [-0.1, -0.05) is 11.2 Å². The molecule has 0 aromatic carbocycles. The Labute approximate surface area is 160 Å². The highest BCUT2D eigenvalue weighted by Gasteiger charge is 2.22. The van der Waals surface area contributed by atoms with Crippen molar-refractivity contribution in [1.29, 1.82) is 0 Å². The van der Waals surface area contributed by atoms with Crippen molar-refractivity contribution in [3.8, 4) is 0 Å². The monoisotopic (exact) mass is 391 g/mol. The lowest BCUT2D eigenvalue weighted by Crippen LogP contribution is -2.38. The third-order valence-corrected chi connectivity index (χ3v) is 5.83. The molecule has 138 valence electrons. The summed E-state index contributed by atoms with van der Waals surface area (Å²) in [5.74, 6) is 1.01. The zero-order valence-electron chi connectivity index (χ0n) is 15.1. The number of carbonyl (C=O) groups excluding carboxylic acids is 1. The number of nitrogens with one attached hydrogen (secondary N) is 1. The molecule has 1 atom stereocenters. The second-order valence-electron chi connectivity index (χ2n) is 5.98. The second kappa shape index (κ2) is 7.96. The van der Waals surface area contributed by atoms with Crippen molar-refractivity contribution < 1.29 is 9.32 Å². The fourth-order valence-electron chi connectivity index (χ4n) is 2.57. The second-order valence-corrected chi connectivity index (χ2v) is 8.42. The molecule has 0 fully saturated rings. The molecule has 9 heteroatoms. The van der Waals surface area contributed by atoms with E-state index in [0.717, 1.165) is 20.5 Å². The summed E-state index contributed by atoms with van der Waals surface area (Å²) in [6.45, 7) is 6.18. The van der Waals surface area contributed by atoms with Crippen LogP contribution in [0.4, 0.5) is 4.79 Å². The highest BCUT2D eigenvalue weighted by atomic mass is 32.1. The van der Waals surface area contributed by atoms with Crippen LogP contribution in [0.5, 0.6) is 0 Å². The van der Waals surface area contributed by atoms with Gasteiger partial charge in [0.05, 0.1) is 29.7 Å². The van der Waals surface area contributed by atoms with Crippen LogP contribution in [0.15, 0.2) is 22.0 Å². The minimum absolute atomic E-state index is 0.111. The molecule has 0 aliphatic heterocycles. The van der Waals surface area contributed by atoms with E-state index in [0.29, 0.717) is 18.1 Å². The molecule has 0 radical (unpaired) electrons. The number of thiophene rings is 1. The van der Waals surface area contributed by atoms with Crippen molar-refractivity contribution in [2.75, 3.05) is 7.05 Å². The maximum absolute atomic E-state index is 12.4. The Hall–Kier alpha value is -2.26. The van der Waals surface area contributed by atoms with Gasteiger partial charge in [-0.3, -0.25) is 0 Å². The predicted octanol–water partition coefficient (Wildman–Crippen LogP) is 3.70. The molecule has 0 aliphatic rings.